The number of carbonyl (C=O) groups excluding carboxylic acids is 1. The van der Waals surface area contributed by atoms with Gasteiger partial charge in [0, 0.05) is 24.4 Å². The van der Waals surface area contributed by atoms with E-state index in [9.17, 15) is 4.79 Å². The second kappa shape index (κ2) is 7.52. The number of benzene rings is 1. The summed E-state index contributed by atoms with van der Waals surface area (Å²) >= 11 is 6.02. The van der Waals surface area contributed by atoms with Gasteiger partial charge in [-0.25, -0.2) is 0 Å². The molecule has 0 saturated heterocycles. The van der Waals surface area contributed by atoms with Crippen molar-refractivity contribution in [3.05, 3.63) is 34.3 Å². The zero-order chi connectivity index (χ0) is 11.4. The van der Waals surface area contributed by atoms with Gasteiger partial charge in [0.2, 0.25) is 0 Å². The molecule has 0 aliphatic rings. The molecule has 4 heteroatoms. The van der Waals surface area contributed by atoms with Gasteiger partial charge in [-0.1, -0.05) is 37.6 Å². The Morgan fingerprint density at radius 2 is 2.06 bits per heavy atom. The van der Waals surface area contributed by atoms with Crippen LogP contribution >= 0.6 is 20.2 Å². The third-order valence-electron chi connectivity index (χ3n) is 2.12. The maximum atomic E-state index is 11.9. The Morgan fingerprint density at radius 1 is 1.44 bits per heavy atom. The first-order valence-electron chi connectivity index (χ1n) is 5.05. The maximum absolute atomic E-state index is 11.9. The first kappa shape index (κ1) is 16.2. The van der Waals surface area contributed by atoms with Gasteiger partial charge < -0.3 is 0 Å². The molecule has 1 rings (SSSR count). The summed E-state index contributed by atoms with van der Waals surface area (Å²) in [4.78, 5) is 11.9. The Labute approximate surface area is 116 Å². The monoisotopic (exact) mass is 249 g/mol. The summed E-state index contributed by atoms with van der Waals surface area (Å²) in [6.07, 6.45) is 0.948. The second-order valence-corrected chi connectivity index (χ2v) is 5.66. The molecule has 0 saturated carbocycles. The minimum absolute atomic E-state index is 0. The van der Waals surface area contributed by atoms with E-state index in [1.54, 1.807) is 6.07 Å². The van der Waals surface area contributed by atoms with Crippen LogP contribution in [-0.4, -0.2) is 30.5 Å². The zero-order valence-electron chi connectivity index (χ0n) is 10.3. The molecule has 0 aliphatic carbocycles. The predicted octanol–water partition coefficient (Wildman–Crippen LogP) is 3.74. The van der Waals surface area contributed by atoms with Gasteiger partial charge in [-0.2, -0.15) is 0 Å². The van der Waals surface area contributed by atoms with Crippen LogP contribution in [0.5, 0.6) is 0 Å². The van der Waals surface area contributed by atoms with Gasteiger partial charge in [0.05, 0.1) is 5.02 Å². The van der Waals surface area contributed by atoms with E-state index in [1.165, 1.54) is 0 Å². The van der Waals surface area contributed by atoms with Crippen molar-refractivity contribution >= 4 is 44.6 Å². The Hall–Kier alpha value is 0.207. The van der Waals surface area contributed by atoms with Gasteiger partial charge in [0.15, 0.2) is 5.52 Å². The molecule has 1 aromatic rings. The smallest absolute Gasteiger partial charge is 0.182 e. The Morgan fingerprint density at radius 3 is 2.56 bits per heavy atom. The van der Waals surface area contributed by atoms with Gasteiger partial charge in [0.1, 0.15) is 0 Å². The third kappa shape index (κ3) is 4.60. The van der Waals surface area contributed by atoms with E-state index in [1.807, 2.05) is 19.1 Å². The van der Waals surface area contributed by atoms with E-state index >= 15 is 0 Å². The number of halogens is 1. The van der Waals surface area contributed by atoms with Crippen LogP contribution in [0.3, 0.4) is 0 Å². The number of rotatable bonds is 4. The van der Waals surface area contributed by atoms with Gasteiger partial charge >= 0.3 is 0 Å². The summed E-state index contributed by atoms with van der Waals surface area (Å²) in [7, 11) is 0.333. The van der Waals surface area contributed by atoms with Crippen LogP contribution < -0.4 is 0 Å². The van der Waals surface area contributed by atoms with E-state index < -0.39 is 0 Å². The van der Waals surface area contributed by atoms with E-state index in [0.717, 1.165) is 11.7 Å². The van der Waals surface area contributed by atoms with Crippen molar-refractivity contribution in [2.45, 2.75) is 20.8 Å². The van der Waals surface area contributed by atoms with Gasteiger partial charge in [0.25, 0.3) is 0 Å². The summed E-state index contributed by atoms with van der Waals surface area (Å²) in [6.45, 7) is 6.18. The van der Waals surface area contributed by atoms with Crippen LogP contribution in [0.15, 0.2) is 18.2 Å². The molecule has 1 atom stereocenters. The molecule has 1 unspecified atom stereocenters. The maximum Gasteiger partial charge on any atom is 0.182 e. The molecule has 0 aromatic heterocycles. The minimum atomic E-state index is 0. The molecule has 16 heavy (non-hydrogen) atoms. The first-order valence-corrected chi connectivity index (χ1v) is 6.64. The van der Waals surface area contributed by atoms with E-state index in [-0.39, 0.29) is 24.4 Å². The average molecular weight is 250 g/mol. The first-order chi connectivity index (χ1) is 7.02. The fourth-order valence-electron chi connectivity index (χ4n) is 1.30. The summed E-state index contributed by atoms with van der Waals surface area (Å²) in [5.41, 5.74) is 1.87. The summed E-state index contributed by atoms with van der Waals surface area (Å²) < 4.78 is 0. The number of hydrogen-bond acceptors (Lipinski definition) is 1. The summed E-state index contributed by atoms with van der Waals surface area (Å²) in [5.74, 6) is 0.565. The summed E-state index contributed by atoms with van der Waals surface area (Å²) in [5, 5.41) is 0.580. The Bertz CT molecular complexity index is 346. The molecular formula is C12H16ClLiOP. The molecule has 1 radical (unpaired) electrons. The van der Waals surface area contributed by atoms with Crippen molar-refractivity contribution in [3.8, 4) is 0 Å². The Balaban J connectivity index is 0.00000225. The van der Waals surface area contributed by atoms with Crippen LogP contribution in [0.2, 0.25) is 5.02 Å². The zero-order valence-corrected chi connectivity index (χ0v) is 12.1. The molecule has 0 heterocycles. The van der Waals surface area contributed by atoms with Crippen LogP contribution in [0.25, 0.3) is 0 Å². The van der Waals surface area contributed by atoms with Crippen molar-refractivity contribution in [1.82, 2.24) is 0 Å². The van der Waals surface area contributed by atoms with E-state index in [2.05, 4.69) is 13.8 Å². The molecule has 0 N–H and O–H groups in total. The predicted molar refractivity (Wildman–Crippen MR) is 74.3 cm³/mol. The molecule has 0 bridgehead atoms. The molecule has 0 spiro atoms. The van der Waals surface area contributed by atoms with Crippen LogP contribution in [0.1, 0.15) is 29.8 Å². The largest absolute Gasteiger partial charge is 0.289 e. The quantitative estimate of drug-likeness (QED) is 0.587. The normalized spacial score (nSPS) is 10.8. The van der Waals surface area contributed by atoms with Crippen LogP contribution in [0, 0.1) is 12.8 Å². The summed E-state index contributed by atoms with van der Waals surface area (Å²) in [6, 6.07) is 5.58. The molecular weight excluding hydrogens is 233 g/mol. The van der Waals surface area contributed by atoms with E-state index in [0.29, 0.717) is 25.1 Å². The fraction of sp³-hybridized carbons (Fsp3) is 0.417. The van der Waals surface area contributed by atoms with Crippen LogP contribution in [0.4, 0.5) is 0 Å². The fourth-order valence-corrected chi connectivity index (χ4v) is 2.79. The molecule has 0 amide bonds. The standard InChI is InChI=1S/C12H16ClOP.Li/c1-8(2)7-15-12(14)11-9(3)5-4-6-10(11)13;/h4-6,8,15H,7H2,1-3H3;. The molecule has 1 aromatic carbocycles. The second-order valence-electron chi connectivity index (χ2n) is 4.04. The van der Waals surface area contributed by atoms with E-state index in [4.69, 9.17) is 11.6 Å². The molecule has 1 nitrogen and oxygen atoms in total. The van der Waals surface area contributed by atoms with Crippen molar-refractivity contribution in [2.75, 3.05) is 6.16 Å². The third-order valence-corrected chi connectivity index (χ3v) is 4.03. The number of aryl methyl sites for hydroxylation is 1. The topological polar surface area (TPSA) is 17.1 Å². The average Bonchev–Trinajstić information content (AvgIpc) is 2.14. The van der Waals surface area contributed by atoms with Gasteiger partial charge in [-0.3, -0.25) is 4.79 Å². The number of hydrogen-bond donors (Lipinski definition) is 0. The van der Waals surface area contributed by atoms with Crippen molar-refractivity contribution in [3.63, 3.8) is 0 Å². The molecule has 83 valence electrons. The Kier molecular flexibility index (Phi) is 7.61. The SMILES string of the molecule is Cc1cccc(Cl)c1C(=O)PCC(C)C.[Li]. The minimum Gasteiger partial charge on any atom is -0.289 e. The van der Waals surface area contributed by atoms with Gasteiger partial charge in [-0.05, 0) is 39.2 Å². The number of carbonyl (C=O) groups is 1. The van der Waals surface area contributed by atoms with Crippen molar-refractivity contribution < 1.29 is 4.79 Å². The van der Waals surface area contributed by atoms with Gasteiger partial charge in [-0.15, -0.1) is 0 Å². The van der Waals surface area contributed by atoms with Crippen molar-refractivity contribution in [2.24, 2.45) is 5.92 Å². The molecule has 0 fully saturated rings. The molecule has 0 aliphatic heterocycles. The van der Waals surface area contributed by atoms with Crippen molar-refractivity contribution in [1.29, 1.82) is 0 Å². The van der Waals surface area contributed by atoms with Crippen LogP contribution in [-0.2, 0) is 0 Å².